The number of nitrogens with zero attached hydrogens (tertiary/aromatic N) is 4. The molecular weight excluding hydrogens is 374 g/mol. The van der Waals surface area contributed by atoms with Gasteiger partial charge in [0.2, 0.25) is 5.96 Å². The van der Waals surface area contributed by atoms with Crippen molar-refractivity contribution in [2.45, 2.75) is 32.5 Å². The van der Waals surface area contributed by atoms with Crippen molar-refractivity contribution in [3.05, 3.63) is 35.2 Å². The number of allylic oxidation sites excluding steroid dienone is 2. The van der Waals surface area contributed by atoms with Crippen LogP contribution in [0.3, 0.4) is 0 Å². The van der Waals surface area contributed by atoms with Crippen molar-refractivity contribution < 1.29 is 19.1 Å². The van der Waals surface area contributed by atoms with E-state index in [-0.39, 0.29) is 5.91 Å². The Labute approximate surface area is 169 Å². The largest absolute Gasteiger partial charge is 0.493 e. The van der Waals surface area contributed by atoms with Gasteiger partial charge in [-0.15, -0.1) is 0 Å². The number of ether oxygens (including phenoxy) is 2. The SMILES string of the molecule is COc1ccc(CCN2C3=NC4C(C(=O)NC(=O)N4C)N3C(C)=C2C)cc1OC. The second-order valence-electron chi connectivity index (χ2n) is 7.32. The molecule has 154 valence electrons. The monoisotopic (exact) mass is 399 g/mol. The molecule has 3 aliphatic heterocycles. The summed E-state index contributed by atoms with van der Waals surface area (Å²) in [5.74, 6) is 1.79. The lowest BCUT2D eigenvalue weighted by Crippen LogP contribution is -2.63. The second kappa shape index (κ2) is 6.98. The van der Waals surface area contributed by atoms with Crippen LogP contribution in [0.2, 0.25) is 0 Å². The van der Waals surface area contributed by atoms with Crippen molar-refractivity contribution in [1.29, 1.82) is 0 Å². The number of rotatable bonds is 5. The smallest absolute Gasteiger partial charge is 0.325 e. The maximum atomic E-state index is 12.5. The average molecular weight is 399 g/mol. The summed E-state index contributed by atoms with van der Waals surface area (Å²) >= 11 is 0. The van der Waals surface area contributed by atoms with Gasteiger partial charge >= 0.3 is 6.03 Å². The van der Waals surface area contributed by atoms with E-state index in [9.17, 15) is 9.59 Å². The van der Waals surface area contributed by atoms with Crippen LogP contribution in [0.25, 0.3) is 0 Å². The first-order valence-corrected chi connectivity index (χ1v) is 9.48. The minimum Gasteiger partial charge on any atom is -0.493 e. The van der Waals surface area contributed by atoms with E-state index in [1.54, 1.807) is 21.3 Å². The van der Waals surface area contributed by atoms with Crippen molar-refractivity contribution in [3.63, 3.8) is 0 Å². The molecule has 3 amide bonds. The molecule has 0 radical (unpaired) electrons. The number of imide groups is 1. The van der Waals surface area contributed by atoms with E-state index in [1.165, 1.54) is 4.90 Å². The Morgan fingerprint density at radius 3 is 2.52 bits per heavy atom. The number of carbonyl (C=O) groups excluding carboxylic acids is 2. The number of benzene rings is 1. The molecule has 1 aromatic rings. The van der Waals surface area contributed by atoms with Crippen molar-refractivity contribution in [2.24, 2.45) is 4.99 Å². The number of nitrogens with one attached hydrogen (secondary N) is 1. The van der Waals surface area contributed by atoms with Gasteiger partial charge in [-0.2, -0.15) is 0 Å². The van der Waals surface area contributed by atoms with Crippen molar-refractivity contribution in [2.75, 3.05) is 27.8 Å². The van der Waals surface area contributed by atoms with Gasteiger partial charge in [-0.25, -0.2) is 9.79 Å². The minimum atomic E-state index is -0.534. The van der Waals surface area contributed by atoms with E-state index in [4.69, 9.17) is 14.5 Å². The fraction of sp³-hybridized carbons (Fsp3) is 0.450. The number of hydrogen-bond acceptors (Lipinski definition) is 7. The molecule has 0 saturated carbocycles. The third-order valence-corrected chi connectivity index (χ3v) is 5.84. The molecule has 0 aromatic heterocycles. The number of carbonyl (C=O) groups is 2. The summed E-state index contributed by atoms with van der Waals surface area (Å²) in [7, 11) is 4.89. The molecule has 3 heterocycles. The molecule has 2 unspecified atom stereocenters. The Kier molecular flexibility index (Phi) is 4.60. The first-order chi connectivity index (χ1) is 13.9. The van der Waals surface area contributed by atoms with Crippen molar-refractivity contribution >= 4 is 17.9 Å². The molecule has 9 nitrogen and oxygen atoms in total. The van der Waals surface area contributed by atoms with Crippen LogP contribution in [-0.2, 0) is 11.2 Å². The zero-order valence-corrected chi connectivity index (χ0v) is 17.2. The summed E-state index contributed by atoms with van der Waals surface area (Å²) in [4.78, 5) is 34.7. The van der Waals surface area contributed by atoms with Gasteiger partial charge in [0, 0.05) is 25.0 Å². The number of likely N-dealkylation sites (N-methyl/N-ethyl adjacent to an activating group) is 1. The van der Waals surface area contributed by atoms with Crippen molar-refractivity contribution in [3.8, 4) is 11.5 Å². The van der Waals surface area contributed by atoms with Gasteiger partial charge in [-0.1, -0.05) is 6.07 Å². The zero-order chi connectivity index (χ0) is 20.9. The average Bonchev–Trinajstić information content (AvgIpc) is 3.21. The number of amides is 3. The Bertz CT molecular complexity index is 941. The molecule has 1 saturated heterocycles. The minimum absolute atomic E-state index is 0.314. The molecule has 3 aliphatic rings. The zero-order valence-electron chi connectivity index (χ0n) is 17.2. The Morgan fingerprint density at radius 1 is 1.10 bits per heavy atom. The highest BCUT2D eigenvalue weighted by Crippen LogP contribution is 2.36. The van der Waals surface area contributed by atoms with Gasteiger partial charge in [0.15, 0.2) is 23.7 Å². The van der Waals surface area contributed by atoms with E-state index in [0.29, 0.717) is 24.0 Å². The van der Waals surface area contributed by atoms with Crippen LogP contribution in [0.5, 0.6) is 11.5 Å². The highest BCUT2D eigenvalue weighted by molar-refractivity contribution is 6.05. The number of aliphatic imine (C=N–C) groups is 1. The van der Waals surface area contributed by atoms with Crippen LogP contribution in [0.1, 0.15) is 19.4 Å². The van der Waals surface area contributed by atoms with Gasteiger partial charge in [0.25, 0.3) is 5.91 Å². The lowest BCUT2D eigenvalue weighted by atomic mass is 10.1. The van der Waals surface area contributed by atoms with E-state index in [1.807, 2.05) is 36.9 Å². The molecule has 0 spiro atoms. The van der Waals surface area contributed by atoms with Gasteiger partial charge in [-0.3, -0.25) is 15.0 Å². The highest BCUT2D eigenvalue weighted by Gasteiger charge is 2.52. The molecule has 1 fully saturated rings. The van der Waals surface area contributed by atoms with E-state index in [2.05, 4.69) is 10.2 Å². The molecule has 29 heavy (non-hydrogen) atoms. The molecule has 2 atom stereocenters. The topological polar surface area (TPSA) is 86.7 Å². The fourth-order valence-corrected chi connectivity index (χ4v) is 4.07. The van der Waals surface area contributed by atoms with Crippen LogP contribution in [0, 0.1) is 0 Å². The molecule has 1 aromatic carbocycles. The molecule has 9 heteroatoms. The van der Waals surface area contributed by atoms with Crippen LogP contribution < -0.4 is 14.8 Å². The normalized spacial score (nSPS) is 23.2. The van der Waals surface area contributed by atoms with Crippen LogP contribution in [0.15, 0.2) is 34.6 Å². The Morgan fingerprint density at radius 2 is 1.83 bits per heavy atom. The maximum absolute atomic E-state index is 12.5. The predicted octanol–water partition coefficient (Wildman–Crippen LogP) is 1.36. The molecule has 0 aliphatic carbocycles. The van der Waals surface area contributed by atoms with Gasteiger partial charge < -0.3 is 19.3 Å². The summed E-state index contributed by atoms with van der Waals surface area (Å²) in [5.41, 5.74) is 3.13. The lowest BCUT2D eigenvalue weighted by Gasteiger charge is -2.35. The third kappa shape index (κ3) is 2.88. The number of methoxy groups -OCH3 is 2. The fourth-order valence-electron chi connectivity index (χ4n) is 4.07. The first-order valence-electron chi connectivity index (χ1n) is 9.48. The van der Waals surface area contributed by atoms with Crippen LogP contribution >= 0.6 is 0 Å². The van der Waals surface area contributed by atoms with Crippen LogP contribution in [0.4, 0.5) is 4.79 Å². The van der Waals surface area contributed by atoms with Gasteiger partial charge in [0.05, 0.1) is 14.2 Å². The standard InChI is InChI=1S/C20H25N5O4/c1-11-12(2)25-16-17(23(3)20(27)22-18(16)26)21-19(25)24(11)9-8-13-6-7-14(28-4)15(10-13)29-5/h6-7,10,16-17H,8-9H2,1-5H3,(H,22,26,27). The number of guanidine groups is 1. The molecule has 1 N–H and O–H groups in total. The van der Waals surface area contributed by atoms with Gasteiger partial charge in [0.1, 0.15) is 0 Å². The van der Waals surface area contributed by atoms with Crippen LogP contribution in [-0.4, -0.2) is 72.6 Å². The number of hydrogen-bond donors (Lipinski definition) is 1. The highest BCUT2D eigenvalue weighted by atomic mass is 16.5. The summed E-state index contributed by atoms with van der Waals surface area (Å²) in [6.07, 6.45) is 0.242. The summed E-state index contributed by atoms with van der Waals surface area (Å²) in [5, 5.41) is 2.41. The second-order valence-corrected chi connectivity index (χ2v) is 7.32. The van der Waals surface area contributed by atoms with Gasteiger partial charge in [-0.05, 0) is 38.0 Å². The Balaban J connectivity index is 1.57. The van der Waals surface area contributed by atoms with Crippen molar-refractivity contribution in [1.82, 2.24) is 20.0 Å². The predicted molar refractivity (Wildman–Crippen MR) is 106 cm³/mol. The quantitative estimate of drug-likeness (QED) is 0.805. The van der Waals surface area contributed by atoms with E-state index >= 15 is 0 Å². The molecule has 4 rings (SSSR count). The summed E-state index contributed by atoms with van der Waals surface area (Å²) in [6.45, 7) is 4.69. The first kappa shape index (κ1) is 19.1. The molecular formula is C20H25N5O4. The summed E-state index contributed by atoms with van der Waals surface area (Å²) < 4.78 is 10.7. The maximum Gasteiger partial charge on any atom is 0.325 e. The number of fused-ring (bicyclic) bond motifs is 3. The summed E-state index contributed by atoms with van der Waals surface area (Å²) in [6, 6.07) is 4.92. The van der Waals surface area contributed by atoms with E-state index < -0.39 is 18.2 Å². The lowest BCUT2D eigenvalue weighted by molar-refractivity contribution is -0.126. The third-order valence-electron chi connectivity index (χ3n) is 5.84. The molecule has 0 bridgehead atoms. The number of urea groups is 1. The Hall–Kier alpha value is -3.23. The van der Waals surface area contributed by atoms with E-state index in [0.717, 1.165) is 23.4 Å².